The molecule has 0 fully saturated rings. The molecule has 19 heavy (non-hydrogen) atoms. The van der Waals surface area contributed by atoms with Gasteiger partial charge in [-0.25, -0.2) is 0 Å². The lowest BCUT2D eigenvalue weighted by Gasteiger charge is -2.03. The fraction of sp³-hybridized carbons (Fsp3) is 0.143. The molecule has 0 saturated carbocycles. The average molecular weight is 285 g/mol. The van der Waals surface area contributed by atoms with Crippen LogP contribution in [0, 0.1) is 0 Å². The minimum atomic E-state index is -4.21. The number of hydrogen-bond acceptors (Lipinski definition) is 2. The van der Waals surface area contributed by atoms with Gasteiger partial charge in [0, 0.05) is 11.4 Å². The first-order valence-electron chi connectivity index (χ1n) is 5.53. The highest BCUT2D eigenvalue weighted by molar-refractivity contribution is 7.80. The van der Waals surface area contributed by atoms with Gasteiger partial charge in [0.1, 0.15) is 0 Å². The van der Waals surface area contributed by atoms with E-state index in [1.165, 1.54) is 12.1 Å². The Morgan fingerprint density at radius 1 is 0.895 bits per heavy atom. The maximum Gasteiger partial charge on any atom is 0.416 e. The smallest absolute Gasteiger partial charge is 0.326 e. The molecule has 0 spiro atoms. The highest BCUT2D eigenvalue weighted by atomic mass is 32.1. The molecule has 2 aromatic carbocycles. The predicted molar refractivity (Wildman–Crippen MR) is 73.0 cm³/mol. The molecule has 0 amide bonds. The number of alkyl halides is 3. The molecule has 2 rings (SSSR count). The normalized spacial score (nSPS) is 10.6. The van der Waals surface area contributed by atoms with Crippen LogP contribution in [0.5, 0.6) is 0 Å². The van der Waals surface area contributed by atoms with Crippen LogP contribution in [0.2, 0.25) is 0 Å². The summed E-state index contributed by atoms with van der Waals surface area (Å²) in [5.41, 5.74) is 5.92. The minimum Gasteiger partial charge on any atom is -0.326 e. The fourth-order valence-corrected chi connectivity index (χ4v) is 1.41. The monoisotopic (exact) mass is 285 g/mol. The Kier molecular flexibility index (Phi) is 5.92. The van der Waals surface area contributed by atoms with Crippen molar-refractivity contribution in [2.45, 2.75) is 17.6 Å². The second kappa shape index (κ2) is 7.21. The summed E-state index contributed by atoms with van der Waals surface area (Å²) in [7, 11) is 0. The second-order valence-corrected chi connectivity index (χ2v) is 4.25. The summed E-state index contributed by atoms with van der Waals surface area (Å²) in [5.74, 6) is 0. The van der Waals surface area contributed by atoms with Crippen molar-refractivity contribution < 1.29 is 13.2 Å². The molecule has 0 aliphatic heterocycles. The van der Waals surface area contributed by atoms with E-state index in [2.05, 4.69) is 12.6 Å². The summed E-state index contributed by atoms with van der Waals surface area (Å²) in [4.78, 5) is 0.979. The van der Waals surface area contributed by atoms with Crippen LogP contribution < -0.4 is 5.73 Å². The first-order chi connectivity index (χ1) is 8.93. The molecule has 0 atom stereocenters. The Balaban J connectivity index is 0.000000191. The van der Waals surface area contributed by atoms with Crippen LogP contribution in [0.15, 0.2) is 59.5 Å². The molecule has 0 bridgehead atoms. The lowest BCUT2D eigenvalue weighted by molar-refractivity contribution is -0.137. The molecule has 0 heterocycles. The summed E-state index contributed by atoms with van der Waals surface area (Å²) in [5, 5.41) is 0. The molecule has 0 aliphatic rings. The SMILES string of the molecule is FC(F)(F)c1ccccc1.NCc1ccc(S)cc1. The van der Waals surface area contributed by atoms with Crippen molar-refractivity contribution >= 4 is 12.6 Å². The van der Waals surface area contributed by atoms with Gasteiger partial charge in [0.2, 0.25) is 0 Å². The third-order valence-corrected chi connectivity index (χ3v) is 2.57. The van der Waals surface area contributed by atoms with Gasteiger partial charge in [0.25, 0.3) is 0 Å². The van der Waals surface area contributed by atoms with E-state index in [4.69, 9.17) is 5.73 Å². The topological polar surface area (TPSA) is 26.0 Å². The zero-order valence-corrected chi connectivity index (χ0v) is 11.0. The average Bonchev–Trinajstić information content (AvgIpc) is 2.40. The largest absolute Gasteiger partial charge is 0.416 e. The first kappa shape index (κ1) is 15.6. The third kappa shape index (κ3) is 5.81. The zero-order chi connectivity index (χ0) is 14.3. The van der Waals surface area contributed by atoms with Gasteiger partial charge in [-0.15, -0.1) is 12.6 Å². The summed E-state index contributed by atoms with van der Waals surface area (Å²) in [6.45, 7) is 0.605. The summed E-state index contributed by atoms with van der Waals surface area (Å²) < 4.78 is 35.4. The van der Waals surface area contributed by atoms with E-state index < -0.39 is 11.7 Å². The van der Waals surface area contributed by atoms with Gasteiger partial charge in [-0.3, -0.25) is 0 Å². The summed E-state index contributed by atoms with van der Waals surface area (Å²) >= 11 is 4.13. The van der Waals surface area contributed by atoms with E-state index in [1.807, 2.05) is 24.3 Å². The number of halogens is 3. The van der Waals surface area contributed by atoms with Crippen molar-refractivity contribution in [3.63, 3.8) is 0 Å². The van der Waals surface area contributed by atoms with Crippen LogP contribution in [0.25, 0.3) is 0 Å². The van der Waals surface area contributed by atoms with Gasteiger partial charge in [-0.1, -0.05) is 42.5 Å². The number of thiol groups is 1. The second-order valence-electron chi connectivity index (χ2n) is 3.73. The molecular weight excluding hydrogens is 271 g/mol. The molecule has 102 valence electrons. The van der Waals surface area contributed by atoms with E-state index in [-0.39, 0.29) is 0 Å². The Labute approximate surface area is 115 Å². The minimum absolute atomic E-state index is 0.602. The molecule has 0 unspecified atom stereocenters. The zero-order valence-electron chi connectivity index (χ0n) is 10.1. The summed E-state index contributed by atoms with van der Waals surface area (Å²) in [6.07, 6.45) is -4.21. The molecule has 0 radical (unpaired) electrons. The van der Waals surface area contributed by atoms with Crippen molar-refractivity contribution in [3.8, 4) is 0 Å². The number of nitrogens with two attached hydrogens (primary N) is 1. The maximum absolute atomic E-state index is 11.8. The van der Waals surface area contributed by atoms with Crippen LogP contribution >= 0.6 is 12.6 Å². The van der Waals surface area contributed by atoms with Crippen LogP contribution in [0.1, 0.15) is 11.1 Å². The van der Waals surface area contributed by atoms with Crippen molar-refractivity contribution in [2.75, 3.05) is 0 Å². The van der Waals surface area contributed by atoms with E-state index >= 15 is 0 Å². The molecule has 0 aliphatic carbocycles. The van der Waals surface area contributed by atoms with Gasteiger partial charge >= 0.3 is 6.18 Å². The van der Waals surface area contributed by atoms with Crippen molar-refractivity contribution in [3.05, 3.63) is 65.7 Å². The van der Waals surface area contributed by atoms with E-state index in [9.17, 15) is 13.2 Å². The van der Waals surface area contributed by atoms with E-state index in [0.29, 0.717) is 6.54 Å². The van der Waals surface area contributed by atoms with Gasteiger partial charge in [0.15, 0.2) is 0 Å². The standard InChI is InChI=1S/C7H5F3.C7H9NS/c8-7(9,10)6-4-2-1-3-5-6;8-5-6-1-3-7(9)4-2-6/h1-5H;1-4,9H,5,8H2. The molecule has 0 saturated heterocycles. The Morgan fingerprint density at radius 3 is 1.79 bits per heavy atom. The number of rotatable bonds is 1. The molecule has 1 nitrogen and oxygen atoms in total. The van der Waals surface area contributed by atoms with Crippen molar-refractivity contribution in [1.82, 2.24) is 0 Å². The lowest BCUT2D eigenvalue weighted by atomic mass is 10.2. The van der Waals surface area contributed by atoms with E-state index in [0.717, 1.165) is 22.6 Å². The Morgan fingerprint density at radius 2 is 1.42 bits per heavy atom. The quantitative estimate of drug-likeness (QED) is 0.757. The molecule has 2 aromatic rings. The third-order valence-electron chi connectivity index (χ3n) is 2.27. The highest BCUT2D eigenvalue weighted by Crippen LogP contribution is 2.28. The Bertz CT molecular complexity index is 480. The van der Waals surface area contributed by atoms with E-state index in [1.54, 1.807) is 6.07 Å². The fourth-order valence-electron chi connectivity index (χ4n) is 1.26. The van der Waals surface area contributed by atoms with Gasteiger partial charge in [-0.2, -0.15) is 13.2 Å². The highest BCUT2D eigenvalue weighted by Gasteiger charge is 2.29. The first-order valence-corrected chi connectivity index (χ1v) is 5.98. The number of benzene rings is 2. The molecule has 0 aromatic heterocycles. The molecule has 5 heteroatoms. The Hall–Kier alpha value is -1.46. The van der Waals surface area contributed by atoms with Crippen LogP contribution in [-0.4, -0.2) is 0 Å². The predicted octanol–water partition coefficient (Wildman–Crippen LogP) is 4.14. The van der Waals surface area contributed by atoms with Crippen LogP contribution in [0.3, 0.4) is 0 Å². The van der Waals surface area contributed by atoms with Gasteiger partial charge in [0.05, 0.1) is 5.56 Å². The molecule has 2 N–H and O–H groups in total. The van der Waals surface area contributed by atoms with Crippen molar-refractivity contribution in [2.24, 2.45) is 5.73 Å². The number of hydrogen-bond donors (Lipinski definition) is 2. The van der Waals surface area contributed by atoms with Gasteiger partial charge < -0.3 is 5.73 Å². The maximum atomic E-state index is 11.8. The van der Waals surface area contributed by atoms with Crippen LogP contribution in [0.4, 0.5) is 13.2 Å². The molecular formula is C14H14F3NS. The van der Waals surface area contributed by atoms with Gasteiger partial charge in [-0.05, 0) is 17.7 Å². The van der Waals surface area contributed by atoms with Crippen molar-refractivity contribution in [1.29, 1.82) is 0 Å². The van der Waals surface area contributed by atoms with Crippen LogP contribution in [-0.2, 0) is 12.7 Å². The lowest BCUT2D eigenvalue weighted by Crippen LogP contribution is -2.03. The summed E-state index contributed by atoms with van der Waals surface area (Å²) in [6, 6.07) is 14.2.